The van der Waals surface area contributed by atoms with Gasteiger partial charge in [-0.25, -0.2) is 0 Å². The maximum atomic E-state index is 6.09. The molecule has 2 aromatic rings. The first-order valence-corrected chi connectivity index (χ1v) is 7.83. The first-order valence-electron chi connectivity index (χ1n) is 7.83. The van der Waals surface area contributed by atoms with Crippen LogP contribution in [0.15, 0.2) is 42.5 Å². The predicted molar refractivity (Wildman–Crippen MR) is 91.8 cm³/mol. The molecule has 0 spiro atoms. The molecule has 0 saturated heterocycles. The van der Waals surface area contributed by atoms with Crippen LogP contribution in [0.3, 0.4) is 0 Å². The summed E-state index contributed by atoms with van der Waals surface area (Å²) >= 11 is 0. The van der Waals surface area contributed by atoms with Crippen LogP contribution in [0.25, 0.3) is 0 Å². The molecule has 0 aliphatic heterocycles. The number of para-hydroxylation sites is 1. The van der Waals surface area contributed by atoms with Crippen molar-refractivity contribution >= 4 is 0 Å². The third-order valence-corrected chi connectivity index (χ3v) is 3.84. The minimum atomic E-state index is 0.0622. The quantitative estimate of drug-likeness (QED) is 0.761. The summed E-state index contributed by atoms with van der Waals surface area (Å²) in [6.45, 7) is 9.26. The second-order valence-corrected chi connectivity index (χ2v) is 6.53. The van der Waals surface area contributed by atoms with E-state index in [0.29, 0.717) is 6.61 Å². The third-order valence-electron chi connectivity index (χ3n) is 3.84. The maximum Gasteiger partial charge on any atom is 0.125 e. The first-order chi connectivity index (χ1) is 10.5. The highest BCUT2D eigenvalue weighted by molar-refractivity contribution is 5.40. The van der Waals surface area contributed by atoms with E-state index in [9.17, 15) is 0 Å². The van der Waals surface area contributed by atoms with Gasteiger partial charge in [-0.1, -0.05) is 58.0 Å². The zero-order valence-corrected chi connectivity index (χ0v) is 14.3. The maximum absolute atomic E-state index is 6.09. The lowest BCUT2D eigenvalue weighted by atomic mass is 9.86. The average molecular weight is 298 g/mol. The Bertz CT molecular complexity index is 624. The summed E-state index contributed by atoms with van der Waals surface area (Å²) in [6, 6.07) is 14.6. The van der Waals surface area contributed by atoms with Crippen molar-refractivity contribution in [2.75, 3.05) is 7.11 Å². The van der Waals surface area contributed by atoms with Crippen LogP contribution in [-0.2, 0) is 18.4 Å². The average Bonchev–Trinajstić information content (AvgIpc) is 2.52. The molecule has 0 radical (unpaired) electrons. The van der Waals surface area contributed by atoms with Crippen molar-refractivity contribution < 1.29 is 9.47 Å². The molecule has 0 atom stereocenters. The van der Waals surface area contributed by atoms with E-state index >= 15 is 0 Å². The van der Waals surface area contributed by atoms with Crippen LogP contribution in [0, 0.1) is 0 Å². The van der Waals surface area contributed by atoms with Gasteiger partial charge in [0, 0.05) is 5.56 Å². The number of methoxy groups -OCH3 is 1. The zero-order valence-electron chi connectivity index (χ0n) is 14.3. The fraction of sp³-hybridized carbons (Fsp3) is 0.400. The molecule has 0 aliphatic rings. The lowest BCUT2D eigenvalue weighted by Crippen LogP contribution is -2.13. The van der Waals surface area contributed by atoms with Gasteiger partial charge in [0.1, 0.15) is 18.1 Å². The minimum absolute atomic E-state index is 0.0622. The third kappa shape index (κ3) is 3.82. The number of hydrogen-bond acceptors (Lipinski definition) is 2. The molecule has 22 heavy (non-hydrogen) atoms. The molecule has 2 rings (SSSR count). The number of hydrogen-bond donors (Lipinski definition) is 0. The monoisotopic (exact) mass is 298 g/mol. The fourth-order valence-electron chi connectivity index (χ4n) is 2.50. The Morgan fingerprint density at radius 2 is 1.68 bits per heavy atom. The molecule has 0 N–H and O–H groups in total. The summed E-state index contributed by atoms with van der Waals surface area (Å²) in [4.78, 5) is 0. The van der Waals surface area contributed by atoms with Crippen molar-refractivity contribution in [3.05, 3.63) is 59.2 Å². The molecular weight excluding hydrogens is 272 g/mol. The summed E-state index contributed by atoms with van der Waals surface area (Å²) in [6.07, 6.45) is 1.00. The Hall–Kier alpha value is -1.96. The predicted octanol–water partition coefficient (Wildman–Crippen LogP) is 5.13. The van der Waals surface area contributed by atoms with Crippen LogP contribution in [0.1, 0.15) is 44.4 Å². The molecule has 0 aromatic heterocycles. The molecule has 118 valence electrons. The molecule has 0 amide bonds. The number of aryl methyl sites for hydroxylation is 1. The van der Waals surface area contributed by atoms with Crippen LogP contribution < -0.4 is 9.47 Å². The van der Waals surface area contributed by atoms with Crippen LogP contribution in [0.5, 0.6) is 11.5 Å². The highest BCUT2D eigenvalue weighted by atomic mass is 16.5. The van der Waals surface area contributed by atoms with Gasteiger partial charge in [0.25, 0.3) is 0 Å². The zero-order chi connectivity index (χ0) is 16.2. The van der Waals surface area contributed by atoms with Gasteiger partial charge in [0.15, 0.2) is 0 Å². The summed E-state index contributed by atoms with van der Waals surface area (Å²) in [5, 5.41) is 0. The molecule has 2 heteroatoms. The second kappa shape index (κ2) is 6.87. The van der Waals surface area contributed by atoms with E-state index in [-0.39, 0.29) is 5.41 Å². The summed E-state index contributed by atoms with van der Waals surface area (Å²) in [5.41, 5.74) is 3.63. The van der Waals surface area contributed by atoms with E-state index in [1.54, 1.807) is 7.11 Å². The molecular formula is C20H26O2. The van der Waals surface area contributed by atoms with E-state index in [1.165, 1.54) is 11.1 Å². The van der Waals surface area contributed by atoms with Crippen LogP contribution in [0.4, 0.5) is 0 Å². The van der Waals surface area contributed by atoms with Crippen molar-refractivity contribution in [1.82, 2.24) is 0 Å². The summed E-state index contributed by atoms with van der Waals surface area (Å²) < 4.78 is 11.6. The lowest BCUT2D eigenvalue weighted by Gasteiger charge is -2.23. The largest absolute Gasteiger partial charge is 0.496 e. The van der Waals surface area contributed by atoms with Crippen LogP contribution >= 0.6 is 0 Å². The molecule has 0 aliphatic carbocycles. The van der Waals surface area contributed by atoms with Gasteiger partial charge in [-0.05, 0) is 35.1 Å². The van der Waals surface area contributed by atoms with Gasteiger partial charge in [-0.2, -0.15) is 0 Å². The highest BCUT2D eigenvalue weighted by Crippen LogP contribution is 2.32. The van der Waals surface area contributed by atoms with E-state index in [4.69, 9.17) is 9.47 Å². The van der Waals surface area contributed by atoms with Gasteiger partial charge in [-0.3, -0.25) is 0 Å². The first kappa shape index (κ1) is 16.4. The van der Waals surface area contributed by atoms with E-state index < -0.39 is 0 Å². The number of ether oxygens (including phenoxy) is 2. The van der Waals surface area contributed by atoms with Crippen molar-refractivity contribution in [3.8, 4) is 11.5 Å². The van der Waals surface area contributed by atoms with Crippen molar-refractivity contribution in [2.45, 2.75) is 46.1 Å². The van der Waals surface area contributed by atoms with Gasteiger partial charge >= 0.3 is 0 Å². The second-order valence-electron chi connectivity index (χ2n) is 6.53. The standard InChI is InChI=1S/C20H26O2/c1-6-15-11-12-16(19(13-15)21-5)14-22-18-10-8-7-9-17(18)20(2,3)4/h7-13H,6,14H2,1-5H3. The topological polar surface area (TPSA) is 18.5 Å². The Kier molecular flexibility index (Phi) is 5.12. The molecule has 2 aromatic carbocycles. The smallest absolute Gasteiger partial charge is 0.125 e. The van der Waals surface area contributed by atoms with Gasteiger partial charge in [0.2, 0.25) is 0 Å². The summed E-state index contributed by atoms with van der Waals surface area (Å²) in [5.74, 6) is 1.84. The molecule has 0 unspecified atom stereocenters. The Morgan fingerprint density at radius 1 is 0.955 bits per heavy atom. The fourth-order valence-corrected chi connectivity index (χ4v) is 2.50. The van der Waals surface area contributed by atoms with Crippen molar-refractivity contribution in [2.24, 2.45) is 0 Å². The Balaban J connectivity index is 2.21. The molecule has 2 nitrogen and oxygen atoms in total. The SMILES string of the molecule is CCc1ccc(COc2ccccc2C(C)(C)C)c(OC)c1. The Labute approximate surface area is 134 Å². The number of rotatable bonds is 5. The van der Waals surface area contributed by atoms with Crippen molar-refractivity contribution in [1.29, 1.82) is 0 Å². The summed E-state index contributed by atoms with van der Waals surface area (Å²) in [7, 11) is 1.71. The van der Waals surface area contributed by atoms with Crippen LogP contribution in [0.2, 0.25) is 0 Å². The lowest BCUT2D eigenvalue weighted by molar-refractivity contribution is 0.289. The molecule has 0 saturated carbocycles. The normalized spacial score (nSPS) is 11.3. The van der Waals surface area contributed by atoms with Crippen LogP contribution in [-0.4, -0.2) is 7.11 Å². The Morgan fingerprint density at radius 3 is 2.32 bits per heavy atom. The van der Waals surface area contributed by atoms with E-state index in [1.807, 2.05) is 12.1 Å². The van der Waals surface area contributed by atoms with Gasteiger partial charge in [-0.15, -0.1) is 0 Å². The highest BCUT2D eigenvalue weighted by Gasteiger charge is 2.18. The molecule has 0 heterocycles. The number of benzene rings is 2. The van der Waals surface area contributed by atoms with Gasteiger partial charge < -0.3 is 9.47 Å². The minimum Gasteiger partial charge on any atom is -0.496 e. The molecule has 0 fully saturated rings. The van der Waals surface area contributed by atoms with Crippen molar-refractivity contribution in [3.63, 3.8) is 0 Å². The van der Waals surface area contributed by atoms with E-state index in [2.05, 4.69) is 58.0 Å². The van der Waals surface area contributed by atoms with E-state index in [0.717, 1.165) is 23.5 Å². The van der Waals surface area contributed by atoms with Gasteiger partial charge in [0.05, 0.1) is 7.11 Å². The molecule has 0 bridgehead atoms.